The molecule has 0 atom stereocenters. The number of hydrogen-bond donors (Lipinski definition) is 1. The molecule has 7 nitrogen and oxygen atoms in total. The van der Waals surface area contributed by atoms with Crippen LogP contribution in [0.5, 0.6) is 5.88 Å². The van der Waals surface area contributed by atoms with E-state index in [0.29, 0.717) is 18.5 Å². The number of methoxy groups -OCH3 is 1. The van der Waals surface area contributed by atoms with Crippen LogP contribution in [0.15, 0.2) is 47.3 Å². The summed E-state index contributed by atoms with van der Waals surface area (Å²) < 4.78 is 11.3. The number of pyridine rings is 1. The number of rotatable bonds is 8. The highest BCUT2D eigenvalue weighted by atomic mass is 16.5. The summed E-state index contributed by atoms with van der Waals surface area (Å²) in [6.07, 6.45) is 3.74. The van der Waals surface area contributed by atoms with Gasteiger partial charge in [-0.3, -0.25) is 9.13 Å². The van der Waals surface area contributed by atoms with Crippen LogP contribution in [0.25, 0.3) is 22.1 Å². The Hall–Kier alpha value is -3.06. The van der Waals surface area contributed by atoms with Crippen LogP contribution in [0.4, 0.5) is 0 Å². The molecule has 1 saturated carbocycles. The molecule has 1 aliphatic rings. The van der Waals surface area contributed by atoms with Crippen LogP contribution in [-0.4, -0.2) is 37.5 Å². The van der Waals surface area contributed by atoms with Gasteiger partial charge in [0, 0.05) is 31.0 Å². The van der Waals surface area contributed by atoms with Crippen LogP contribution < -0.4 is 10.4 Å². The Morgan fingerprint density at radius 3 is 2.60 bits per heavy atom. The Morgan fingerprint density at radius 1 is 1.07 bits per heavy atom. The van der Waals surface area contributed by atoms with E-state index in [-0.39, 0.29) is 12.3 Å². The van der Waals surface area contributed by atoms with E-state index in [9.17, 15) is 9.90 Å². The Morgan fingerprint density at radius 2 is 1.87 bits per heavy atom. The predicted molar refractivity (Wildman–Crippen MR) is 116 cm³/mol. The van der Waals surface area contributed by atoms with Crippen molar-refractivity contribution in [3.05, 3.63) is 58.6 Å². The molecule has 1 aliphatic carbocycles. The summed E-state index contributed by atoms with van der Waals surface area (Å²) in [5.74, 6) is 0.573. The molecule has 0 aliphatic heterocycles. The van der Waals surface area contributed by atoms with Gasteiger partial charge >= 0.3 is 5.69 Å². The van der Waals surface area contributed by atoms with Gasteiger partial charge in [-0.25, -0.2) is 9.78 Å². The maximum Gasteiger partial charge on any atom is 0.329 e. The minimum Gasteiger partial charge on any atom is -0.481 e. The molecule has 1 aromatic carbocycles. The fourth-order valence-electron chi connectivity index (χ4n) is 4.30. The van der Waals surface area contributed by atoms with Gasteiger partial charge in [0.05, 0.1) is 35.7 Å². The molecule has 0 spiro atoms. The minimum atomic E-state index is 0.0522. The summed E-state index contributed by atoms with van der Waals surface area (Å²) in [5.41, 5.74) is 4.93. The van der Waals surface area contributed by atoms with Crippen LogP contribution in [0.3, 0.4) is 0 Å². The average Bonchev–Trinajstić information content (AvgIpc) is 3.49. The molecule has 3 aromatic heterocycles. The molecule has 4 aromatic rings. The summed E-state index contributed by atoms with van der Waals surface area (Å²) in [4.78, 5) is 17.9. The van der Waals surface area contributed by atoms with Crippen LogP contribution in [0, 0.1) is 0 Å². The van der Waals surface area contributed by atoms with E-state index in [1.54, 1.807) is 7.11 Å². The number of unbranched alkanes of at least 4 members (excludes halogenated alkanes) is 1. The lowest BCUT2D eigenvalue weighted by Gasteiger charge is -2.11. The molecule has 7 heteroatoms. The number of aryl methyl sites for hydroxylation is 1. The van der Waals surface area contributed by atoms with Gasteiger partial charge in [-0.2, -0.15) is 0 Å². The Bertz CT molecular complexity index is 1260. The Balaban J connectivity index is 1.62. The van der Waals surface area contributed by atoms with E-state index >= 15 is 0 Å². The second kappa shape index (κ2) is 7.65. The number of aliphatic hydroxyl groups is 1. The van der Waals surface area contributed by atoms with Gasteiger partial charge in [-0.15, -0.1) is 0 Å². The summed E-state index contributed by atoms with van der Waals surface area (Å²) in [5, 5.41) is 9.21. The van der Waals surface area contributed by atoms with Crippen molar-refractivity contribution in [2.75, 3.05) is 13.7 Å². The van der Waals surface area contributed by atoms with Crippen molar-refractivity contribution in [2.45, 2.75) is 44.8 Å². The highest BCUT2D eigenvalue weighted by Gasteiger charge is 2.29. The monoisotopic (exact) mass is 406 g/mol. The number of nitrogens with zero attached hydrogens (tertiary/aromatic N) is 4. The minimum absolute atomic E-state index is 0.0522. The van der Waals surface area contributed by atoms with E-state index in [1.807, 2.05) is 51.6 Å². The summed E-state index contributed by atoms with van der Waals surface area (Å²) >= 11 is 0. The molecular formula is C23H26N4O3. The highest BCUT2D eigenvalue weighted by molar-refractivity contribution is 5.79. The number of fused-ring (bicyclic) bond motifs is 2. The summed E-state index contributed by atoms with van der Waals surface area (Å²) in [6.45, 7) is 1.43. The Kier molecular flexibility index (Phi) is 4.83. The standard InChI is InChI=1S/C23H26N4O3/c1-30-22-11-10-19-18(24-22)14-17(25(19)12-4-5-13-28)15-26-20-6-2-3-7-21(20)27(23(26)29)16-8-9-16/h2-3,6-7,10-11,14,16,28H,4-5,8-9,12-13,15H2,1H3. The lowest BCUT2D eigenvalue weighted by Crippen LogP contribution is -2.25. The molecule has 3 heterocycles. The van der Waals surface area contributed by atoms with E-state index < -0.39 is 0 Å². The summed E-state index contributed by atoms with van der Waals surface area (Å²) in [6, 6.07) is 14.3. The van der Waals surface area contributed by atoms with Crippen molar-refractivity contribution in [3.8, 4) is 5.88 Å². The number of hydrogen-bond acceptors (Lipinski definition) is 4. The zero-order valence-electron chi connectivity index (χ0n) is 17.1. The Labute approximate surface area is 174 Å². The molecular weight excluding hydrogens is 380 g/mol. The van der Waals surface area contributed by atoms with Gasteiger partial charge in [-0.05, 0) is 49.9 Å². The number of aromatic nitrogens is 4. The SMILES string of the molecule is COc1ccc2c(cc(Cn3c(=O)n(C4CC4)c4ccccc43)n2CCCCO)n1. The van der Waals surface area contributed by atoms with Crippen molar-refractivity contribution in [1.29, 1.82) is 0 Å². The molecule has 5 rings (SSSR count). The first-order valence-corrected chi connectivity index (χ1v) is 10.5. The third-order valence-corrected chi connectivity index (χ3v) is 5.92. The van der Waals surface area contributed by atoms with Crippen molar-refractivity contribution in [1.82, 2.24) is 18.7 Å². The number of para-hydroxylation sites is 2. The van der Waals surface area contributed by atoms with Crippen molar-refractivity contribution in [3.63, 3.8) is 0 Å². The molecule has 156 valence electrons. The van der Waals surface area contributed by atoms with Crippen molar-refractivity contribution < 1.29 is 9.84 Å². The number of ether oxygens (including phenoxy) is 1. The highest BCUT2D eigenvalue weighted by Crippen LogP contribution is 2.36. The number of imidazole rings is 1. The first kappa shape index (κ1) is 18.9. The molecule has 0 amide bonds. The van der Waals surface area contributed by atoms with Gasteiger partial charge in [0.2, 0.25) is 5.88 Å². The van der Waals surface area contributed by atoms with E-state index in [1.165, 1.54) is 0 Å². The van der Waals surface area contributed by atoms with Crippen LogP contribution >= 0.6 is 0 Å². The second-order valence-electron chi connectivity index (χ2n) is 7.93. The molecule has 1 fully saturated rings. The largest absolute Gasteiger partial charge is 0.481 e. The molecule has 30 heavy (non-hydrogen) atoms. The average molecular weight is 406 g/mol. The lowest BCUT2D eigenvalue weighted by atomic mass is 10.3. The summed E-state index contributed by atoms with van der Waals surface area (Å²) in [7, 11) is 1.61. The first-order valence-electron chi connectivity index (χ1n) is 10.5. The zero-order valence-corrected chi connectivity index (χ0v) is 17.1. The first-order chi connectivity index (χ1) is 14.7. The third kappa shape index (κ3) is 3.19. The fourth-order valence-corrected chi connectivity index (χ4v) is 4.30. The third-order valence-electron chi connectivity index (χ3n) is 5.92. The van der Waals surface area contributed by atoms with Gasteiger partial charge in [0.15, 0.2) is 0 Å². The molecule has 0 bridgehead atoms. The van der Waals surface area contributed by atoms with E-state index in [2.05, 4.69) is 9.55 Å². The number of aliphatic hydroxyl groups excluding tert-OH is 1. The topological polar surface area (TPSA) is 74.2 Å². The van der Waals surface area contributed by atoms with Gasteiger partial charge in [0.1, 0.15) is 0 Å². The van der Waals surface area contributed by atoms with Gasteiger partial charge < -0.3 is 14.4 Å². The molecule has 0 unspecified atom stereocenters. The fraction of sp³-hybridized carbons (Fsp3) is 0.391. The predicted octanol–water partition coefficient (Wildman–Crippen LogP) is 3.32. The van der Waals surface area contributed by atoms with E-state index in [0.717, 1.165) is 60.0 Å². The normalized spacial score (nSPS) is 14.1. The van der Waals surface area contributed by atoms with Crippen LogP contribution in [-0.2, 0) is 13.1 Å². The lowest BCUT2D eigenvalue weighted by molar-refractivity contribution is 0.281. The maximum atomic E-state index is 13.3. The second-order valence-corrected chi connectivity index (χ2v) is 7.93. The van der Waals surface area contributed by atoms with Gasteiger partial charge in [0.25, 0.3) is 0 Å². The van der Waals surface area contributed by atoms with Gasteiger partial charge in [-0.1, -0.05) is 12.1 Å². The number of benzene rings is 1. The molecule has 0 saturated heterocycles. The smallest absolute Gasteiger partial charge is 0.329 e. The van der Waals surface area contributed by atoms with Crippen LogP contribution in [0.2, 0.25) is 0 Å². The maximum absolute atomic E-state index is 13.3. The quantitative estimate of drug-likeness (QED) is 0.456. The molecule has 0 radical (unpaired) electrons. The van der Waals surface area contributed by atoms with Crippen molar-refractivity contribution >= 4 is 22.1 Å². The molecule has 1 N–H and O–H groups in total. The van der Waals surface area contributed by atoms with E-state index in [4.69, 9.17) is 4.74 Å². The van der Waals surface area contributed by atoms with Crippen molar-refractivity contribution in [2.24, 2.45) is 0 Å². The van der Waals surface area contributed by atoms with Crippen LogP contribution in [0.1, 0.15) is 37.4 Å². The zero-order chi connectivity index (χ0) is 20.7.